The Bertz CT molecular complexity index is 739. The van der Waals surface area contributed by atoms with E-state index in [9.17, 15) is 4.79 Å². The quantitative estimate of drug-likeness (QED) is 0.895. The Morgan fingerprint density at radius 3 is 2.46 bits per heavy atom. The molecule has 0 bridgehead atoms. The highest BCUT2D eigenvalue weighted by atomic mass is 16.2. The second kappa shape index (κ2) is 8.27. The SMILES string of the molecule is CC(C)CNc1cc(C(=O)N2CCN(C)CC2)nc(-c2ccccc2)n1. The highest BCUT2D eigenvalue weighted by Crippen LogP contribution is 2.19. The summed E-state index contributed by atoms with van der Waals surface area (Å²) in [6, 6.07) is 11.6. The lowest BCUT2D eigenvalue weighted by atomic mass is 10.2. The summed E-state index contributed by atoms with van der Waals surface area (Å²) >= 11 is 0. The van der Waals surface area contributed by atoms with Crippen LogP contribution in [-0.4, -0.2) is 65.4 Å². The van der Waals surface area contributed by atoms with Gasteiger partial charge in [-0.3, -0.25) is 4.79 Å². The number of hydrogen-bond donors (Lipinski definition) is 1. The first kappa shape index (κ1) is 18.3. The van der Waals surface area contributed by atoms with Crippen LogP contribution < -0.4 is 5.32 Å². The first-order valence-electron chi connectivity index (χ1n) is 9.19. The van der Waals surface area contributed by atoms with Crippen LogP contribution >= 0.6 is 0 Å². The van der Waals surface area contributed by atoms with E-state index in [0.29, 0.717) is 23.3 Å². The van der Waals surface area contributed by atoms with Crippen molar-refractivity contribution in [2.24, 2.45) is 5.92 Å². The molecule has 3 rings (SSSR count). The van der Waals surface area contributed by atoms with Crippen molar-refractivity contribution >= 4 is 11.7 Å². The Balaban J connectivity index is 1.90. The van der Waals surface area contributed by atoms with Crippen LogP contribution in [-0.2, 0) is 0 Å². The molecule has 0 saturated carbocycles. The fourth-order valence-electron chi connectivity index (χ4n) is 2.84. The summed E-state index contributed by atoms with van der Waals surface area (Å²) < 4.78 is 0. The van der Waals surface area contributed by atoms with E-state index in [4.69, 9.17) is 0 Å². The van der Waals surface area contributed by atoms with Crippen molar-refractivity contribution in [3.8, 4) is 11.4 Å². The maximum Gasteiger partial charge on any atom is 0.272 e. The van der Waals surface area contributed by atoms with Crippen LogP contribution in [0.1, 0.15) is 24.3 Å². The molecule has 1 aliphatic rings. The second-order valence-corrected chi connectivity index (χ2v) is 7.20. The number of carbonyl (C=O) groups is 1. The minimum atomic E-state index is -0.0229. The molecule has 138 valence electrons. The average molecular weight is 353 g/mol. The topological polar surface area (TPSA) is 61.4 Å². The summed E-state index contributed by atoms with van der Waals surface area (Å²) in [6.45, 7) is 8.32. The number of piperazine rings is 1. The lowest BCUT2D eigenvalue weighted by Gasteiger charge is -2.32. The Morgan fingerprint density at radius 2 is 1.81 bits per heavy atom. The number of aromatic nitrogens is 2. The van der Waals surface area contributed by atoms with Crippen LogP contribution in [0.25, 0.3) is 11.4 Å². The zero-order valence-electron chi connectivity index (χ0n) is 15.8. The normalized spacial score (nSPS) is 15.3. The van der Waals surface area contributed by atoms with Gasteiger partial charge in [0.1, 0.15) is 11.5 Å². The maximum absolute atomic E-state index is 13.0. The minimum absolute atomic E-state index is 0.0229. The van der Waals surface area contributed by atoms with Gasteiger partial charge in [-0.15, -0.1) is 0 Å². The summed E-state index contributed by atoms with van der Waals surface area (Å²) in [5.74, 6) is 1.74. The molecule has 6 heteroatoms. The van der Waals surface area contributed by atoms with Crippen molar-refractivity contribution < 1.29 is 4.79 Å². The molecule has 1 N–H and O–H groups in total. The molecule has 0 radical (unpaired) electrons. The van der Waals surface area contributed by atoms with Crippen molar-refractivity contribution in [3.05, 3.63) is 42.1 Å². The Hall–Kier alpha value is -2.47. The molecular weight excluding hydrogens is 326 g/mol. The van der Waals surface area contributed by atoms with Gasteiger partial charge in [-0.05, 0) is 13.0 Å². The van der Waals surface area contributed by atoms with Gasteiger partial charge < -0.3 is 15.1 Å². The van der Waals surface area contributed by atoms with E-state index in [1.54, 1.807) is 6.07 Å². The van der Waals surface area contributed by atoms with Crippen molar-refractivity contribution in [2.75, 3.05) is 45.1 Å². The second-order valence-electron chi connectivity index (χ2n) is 7.20. The van der Waals surface area contributed by atoms with Crippen LogP contribution in [0.4, 0.5) is 5.82 Å². The van der Waals surface area contributed by atoms with Crippen LogP contribution in [0.3, 0.4) is 0 Å². The van der Waals surface area contributed by atoms with Gasteiger partial charge in [0.05, 0.1) is 0 Å². The lowest BCUT2D eigenvalue weighted by molar-refractivity contribution is 0.0658. The molecule has 0 spiro atoms. The Kier molecular flexibility index (Phi) is 5.83. The van der Waals surface area contributed by atoms with E-state index in [1.807, 2.05) is 35.2 Å². The minimum Gasteiger partial charge on any atom is -0.370 e. The Labute approximate surface area is 155 Å². The maximum atomic E-state index is 13.0. The van der Waals surface area contributed by atoms with Gasteiger partial charge in [-0.1, -0.05) is 44.2 Å². The highest BCUT2D eigenvalue weighted by molar-refractivity contribution is 5.93. The van der Waals surface area contributed by atoms with Gasteiger partial charge in [0.2, 0.25) is 0 Å². The number of anilines is 1. The molecule has 2 aromatic rings. The zero-order valence-corrected chi connectivity index (χ0v) is 15.8. The van der Waals surface area contributed by atoms with Crippen molar-refractivity contribution in [3.63, 3.8) is 0 Å². The molecule has 1 aromatic carbocycles. The summed E-state index contributed by atoms with van der Waals surface area (Å²) in [7, 11) is 2.08. The number of carbonyl (C=O) groups excluding carboxylic acids is 1. The van der Waals surface area contributed by atoms with E-state index in [1.165, 1.54) is 0 Å². The summed E-state index contributed by atoms with van der Waals surface area (Å²) in [5.41, 5.74) is 1.36. The molecule has 0 unspecified atom stereocenters. The van der Waals surface area contributed by atoms with Crippen molar-refractivity contribution in [1.82, 2.24) is 19.8 Å². The predicted octanol–water partition coefficient (Wildman–Crippen LogP) is 2.60. The first-order valence-corrected chi connectivity index (χ1v) is 9.19. The summed E-state index contributed by atoms with van der Waals surface area (Å²) in [6.07, 6.45) is 0. The lowest BCUT2D eigenvalue weighted by Crippen LogP contribution is -2.47. The largest absolute Gasteiger partial charge is 0.370 e. The van der Waals surface area contributed by atoms with Gasteiger partial charge >= 0.3 is 0 Å². The fourth-order valence-corrected chi connectivity index (χ4v) is 2.84. The van der Waals surface area contributed by atoms with Gasteiger partial charge in [-0.25, -0.2) is 9.97 Å². The number of likely N-dealkylation sites (N-methyl/N-ethyl adjacent to an activating group) is 1. The number of hydrogen-bond acceptors (Lipinski definition) is 5. The molecule has 1 aromatic heterocycles. The molecule has 0 atom stereocenters. The van der Waals surface area contributed by atoms with Crippen molar-refractivity contribution in [1.29, 1.82) is 0 Å². The molecule has 1 fully saturated rings. The van der Waals surface area contributed by atoms with Gasteiger partial charge in [0.25, 0.3) is 5.91 Å². The molecule has 1 amide bonds. The fraction of sp³-hybridized carbons (Fsp3) is 0.450. The van der Waals surface area contributed by atoms with E-state index < -0.39 is 0 Å². The molecule has 0 aliphatic carbocycles. The van der Waals surface area contributed by atoms with E-state index in [-0.39, 0.29) is 5.91 Å². The number of nitrogens with zero attached hydrogens (tertiary/aromatic N) is 4. The molecule has 1 aliphatic heterocycles. The van der Waals surface area contributed by atoms with E-state index >= 15 is 0 Å². The first-order chi connectivity index (χ1) is 12.5. The standard InChI is InChI=1S/C20H27N5O/c1-15(2)14-21-18-13-17(20(26)25-11-9-24(3)10-12-25)22-19(23-18)16-7-5-4-6-8-16/h4-8,13,15H,9-12,14H2,1-3H3,(H,21,22,23). The number of rotatable bonds is 5. The number of amides is 1. The van der Waals surface area contributed by atoms with Crippen molar-refractivity contribution in [2.45, 2.75) is 13.8 Å². The number of benzene rings is 1. The average Bonchev–Trinajstić information content (AvgIpc) is 2.67. The van der Waals surface area contributed by atoms with Crippen LogP contribution in [0.5, 0.6) is 0 Å². The van der Waals surface area contributed by atoms with Crippen LogP contribution in [0, 0.1) is 5.92 Å². The van der Waals surface area contributed by atoms with Gasteiger partial charge in [0.15, 0.2) is 5.82 Å². The third-order valence-electron chi connectivity index (χ3n) is 4.46. The summed E-state index contributed by atoms with van der Waals surface area (Å²) in [4.78, 5) is 26.3. The molecule has 26 heavy (non-hydrogen) atoms. The molecule has 6 nitrogen and oxygen atoms in total. The third-order valence-corrected chi connectivity index (χ3v) is 4.46. The van der Waals surface area contributed by atoms with Gasteiger partial charge in [0, 0.05) is 44.4 Å². The molecule has 2 heterocycles. The smallest absolute Gasteiger partial charge is 0.272 e. The molecule has 1 saturated heterocycles. The van der Waals surface area contributed by atoms with Crippen LogP contribution in [0.15, 0.2) is 36.4 Å². The predicted molar refractivity (Wildman–Crippen MR) is 104 cm³/mol. The Morgan fingerprint density at radius 1 is 1.12 bits per heavy atom. The summed E-state index contributed by atoms with van der Waals surface area (Å²) in [5, 5.41) is 3.33. The van der Waals surface area contributed by atoms with Gasteiger partial charge in [-0.2, -0.15) is 0 Å². The van der Waals surface area contributed by atoms with E-state index in [0.717, 1.165) is 38.3 Å². The van der Waals surface area contributed by atoms with Crippen LogP contribution in [0.2, 0.25) is 0 Å². The third kappa shape index (κ3) is 4.58. The number of nitrogens with one attached hydrogen (secondary N) is 1. The molecular formula is C20H27N5O. The monoisotopic (exact) mass is 353 g/mol. The highest BCUT2D eigenvalue weighted by Gasteiger charge is 2.22. The van der Waals surface area contributed by atoms with E-state index in [2.05, 4.69) is 41.1 Å². The zero-order chi connectivity index (χ0) is 18.5.